The molecule has 2 atom stereocenters. The zero-order valence-electron chi connectivity index (χ0n) is 11.8. The minimum Gasteiger partial charge on any atom is -0.312 e. The van der Waals surface area contributed by atoms with Gasteiger partial charge in [0.2, 0.25) is 5.91 Å². The summed E-state index contributed by atoms with van der Waals surface area (Å²) in [5.74, 6) is 0.973. The second-order valence-corrected chi connectivity index (χ2v) is 6.54. The lowest BCUT2D eigenvalue weighted by atomic mass is 9.73. The van der Waals surface area contributed by atoms with E-state index in [9.17, 15) is 4.79 Å². The molecular weight excluding hydrogens is 222 g/mol. The van der Waals surface area contributed by atoms with E-state index >= 15 is 0 Å². The Kier molecular flexibility index (Phi) is 3.47. The predicted molar refractivity (Wildman–Crippen MR) is 75.5 cm³/mol. The first kappa shape index (κ1) is 13.1. The molecule has 2 heteroatoms. The number of nitrogens with zero attached hydrogens (tertiary/aromatic N) is 1. The van der Waals surface area contributed by atoms with Crippen LogP contribution in [-0.2, 0) is 4.79 Å². The molecule has 1 aromatic carbocycles. The molecule has 1 heterocycles. The Morgan fingerprint density at radius 2 is 1.78 bits per heavy atom. The molecule has 1 aliphatic rings. The van der Waals surface area contributed by atoms with Gasteiger partial charge in [0.05, 0.1) is 0 Å². The number of benzene rings is 1. The molecule has 0 radical (unpaired) electrons. The van der Waals surface area contributed by atoms with Gasteiger partial charge in [-0.2, -0.15) is 0 Å². The summed E-state index contributed by atoms with van der Waals surface area (Å²) >= 11 is 0. The standard InChI is InChI=1S/C16H23NO/c1-12-10-14(16(2,3)4)15(18)17(11-12)13-8-6-5-7-9-13/h5-9,12,14H,10-11H2,1-4H3/t12?,14-/m0/s1. The van der Waals surface area contributed by atoms with Crippen LogP contribution in [-0.4, -0.2) is 12.5 Å². The Bertz CT molecular complexity index is 418. The van der Waals surface area contributed by atoms with Crippen LogP contribution in [0.1, 0.15) is 34.1 Å². The van der Waals surface area contributed by atoms with E-state index in [1.807, 2.05) is 35.2 Å². The van der Waals surface area contributed by atoms with Crippen molar-refractivity contribution in [1.29, 1.82) is 0 Å². The summed E-state index contributed by atoms with van der Waals surface area (Å²) in [6.45, 7) is 9.57. The van der Waals surface area contributed by atoms with Crippen LogP contribution >= 0.6 is 0 Å². The lowest BCUT2D eigenvalue weighted by Gasteiger charge is -2.41. The van der Waals surface area contributed by atoms with Crippen molar-refractivity contribution in [2.75, 3.05) is 11.4 Å². The summed E-state index contributed by atoms with van der Waals surface area (Å²) in [6.07, 6.45) is 1.01. The van der Waals surface area contributed by atoms with Crippen LogP contribution in [0.4, 0.5) is 5.69 Å². The Morgan fingerprint density at radius 1 is 1.17 bits per heavy atom. The molecule has 0 bridgehead atoms. The van der Waals surface area contributed by atoms with Gasteiger partial charge in [0.25, 0.3) is 0 Å². The average Bonchev–Trinajstić information content (AvgIpc) is 2.31. The number of hydrogen-bond donors (Lipinski definition) is 0. The molecule has 1 saturated heterocycles. The molecule has 1 aliphatic heterocycles. The Balaban J connectivity index is 2.29. The van der Waals surface area contributed by atoms with E-state index in [2.05, 4.69) is 27.7 Å². The molecule has 1 amide bonds. The van der Waals surface area contributed by atoms with Gasteiger partial charge in [-0.25, -0.2) is 0 Å². The fourth-order valence-corrected chi connectivity index (χ4v) is 2.73. The summed E-state index contributed by atoms with van der Waals surface area (Å²) in [6, 6.07) is 10.0. The maximum Gasteiger partial charge on any atom is 0.230 e. The molecule has 98 valence electrons. The first-order valence-corrected chi connectivity index (χ1v) is 6.76. The number of carbonyl (C=O) groups is 1. The quantitative estimate of drug-likeness (QED) is 0.738. The number of para-hydroxylation sites is 1. The maximum absolute atomic E-state index is 12.6. The van der Waals surface area contributed by atoms with Gasteiger partial charge in [-0.15, -0.1) is 0 Å². The number of rotatable bonds is 1. The number of anilines is 1. The first-order valence-electron chi connectivity index (χ1n) is 6.76. The average molecular weight is 245 g/mol. The summed E-state index contributed by atoms with van der Waals surface area (Å²) in [5.41, 5.74) is 1.07. The normalized spacial score (nSPS) is 25.3. The topological polar surface area (TPSA) is 20.3 Å². The smallest absolute Gasteiger partial charge is 0.230 e. The number of hydrogen-bond acceptors (Lipinski definition) is 1. The highest BCUT2D eigenvalue weighted by Gasteiger charge is 2.39. The van der Waals surface area contributed by atoms with Crippen LogP contribution in [0.3, 0.4) is 0 Å². The Morgan fingerprint density at radius 3 is 2.33 bits per heavy atom. The molecule has 1 unspecified atom stereocenters. The monoisotopic (exact) mass is 245 g/mol. The maximum atomic E-state index is 12.6. The lowest BCUT2D eigenvalue weighted by Crippen LogP contribution is -2.48. The summed E-state index contributed by atoms with van der Waals surface area (Å²) in [7, 11) is 0. The van der Waals surface area contributed by atoms with Crippen LogP contribution in [0.25, 0.3) is 0 Å². The fourth-order valence-electron chi connectivity index (χ4n) is 2.73. The second-order valence-electron chi connectivity index (χ2n) is 6.54. The van der Waals surface area contributed by atoms with Crippen LogP contribution in [0, 0.1) is 17.3 Å². The number of piperidine rings is 1. The molecule has 0 aliphatic carbocycles. The van der Waals surface area contributed by atoms with Crippen LogP contribution < -0.4 is 4.90 Å². The van der Waals surface area contributed by atoms with Crippen molar-refractivity contribution in [3.8, 4) is 0 Å². The third-order valence-corrected chi connectivity index (χ3v) is 3.81. The van der Waals surface area contributed by atoms with Crippen molar-refractivity contribution in [3.05, 3.63) is 30.3 Å². The summed E-state index contributed by atoms with van der Waals surface area (Å²) in [5, 5.41) is 0. The second kappa shape index (κ2) is 4.75. The molecule has 18 heavy (non-hydrogen) atoms. The molecule has 2 rings (SSSR count). The zero-order valence-corrected chi connectivity index (χ0v) is 11.8. The highest BCUT2D eigenvalue weighted by atomic mass is 16.2. The van der Waals surface area contributed by atoms with Gasteiger partial charge in [-0.3, -0.25) is 4.79 Å². The van der Waals surface area contributed by atoms with Gasteiger partial charge < -0.3 is 4.90 Å². The first-order chi connectivity index (χ1) is 8.39. The van der Waals surface area contributed by atoms with Crippen molar-refractivity contribution < 1.29 is 4.79 Å². The molecule has 1 fully saturated rings. The molecule has 1 aromatic rings. The van der Waals surface area contributed by atoms with Gasteiger partial charge in [-0.05, 0) is 29.9 Å². The van der Waals surface area contributed by atoms with E-state index in [0.717, 1.165) is 18.7 Å². The third kappa shape index (κ3) is 2.58. The van der Waals surface area contributed by atoms with E-state index in [1.165, 1.54) is 0 Å². The molecule has 2 nitrogen and oxygen atoms in total. The van der Waals surface area contributed by atoms with Crippen molar-refractivity contribution in [2.45, 2.75) is 34.1 Å². The van der Waals surface area contributed by atoms with Crippen LogP contribution in [0.5, 0.6) is 0 Å². The van der Waals surface area contributed by atoms with Crippen molar-refractivity contribution in [1.82, 2.24) is 0 Å². The third-order valence-electron chi connectivity index (χ3n) is 3.81. The Hall–Kier alpha value is -1.31. The van der Waals surface area contributed by atoms with E-state index in [1.54, 1.807) is 0 Å². The van der Waals surface area contributed by atoms with Gasteiger partial charge in [0.1, 0.15) is 0 Å². The van der Waals surface area contributed by atoms with Crippen LogP contribution in [0.15, 0.2) is 30.3 Å². The van der Waals surface area contributed by atoms with E-state index in [0.29, 0.717) is 5.92 Å². The van der Waals surface area contributed by atoms with Gasteiger partial charge in [0.15, 0.2) is 0 Å². The Labute approximate surface area is 110 Å². The lowest BCUT2D eigenvalue weighted by molar-refractivity contribution is -0.128. The summed E-state index contributed by atoms with van der Waals surface area (Å²) < 4.78 is 0. The van der Waals surface area contributed by atoms with E-state index < -0.39 is 0 Å². The minimum absolute atomic E-state index is 0.0405. The molecule has 0 saturated carbocycles. The zero-order chi connectivity index (χ0) is 13.3. The van der Waals surface area contributed by atoms with Gasteiger partial charge >= 0.3 is 0 Å². The van der Waals surface area contributed by atoms with Crippen molar-refractivity contribution >= 4 is 11.6 Å². The van der Waals surface area contributed by atoms with Crippen molar-refractivity contribution in [3.63, 3.8) is 0 Å². The number of carbonyl (C=O) groups excluding carboxylic acids is 1. The van der Waals surface area contributed by atoms with Gasteiger partial charge in [-0.1, -0.05) is 45.9 Å². The SMILES string of the molecule is CC1C[C@H](C(C)(C)C)C(=O)N(c2ccccc2)C1. The highest BCUT2D eigenvalue weighted by molar-refractivity contribution is 5.96. The van der Waals surface area contributed by atoms with Crippen molar-refractivity contribution in [2.24, 2.45) is 17.3 Å². The fraction of sp³-hybridized carbons (Fsp3) is 0.562. The molecule has 0 spiro atoms. The van der Waals surface area contributed by atoms with E-state index in [-0.39, 0.29) is 17.2 Å². The predicted octanol–water partition coefficient (Wildman–Crippen LogP) is 3.72. The molecule has 0 aromatic heterocycles. The van der Waals surface area contributed by atoms with Gasteiger partial charge in [0, 0.05) is 18.2 Å². The molecular formula is C16H23NO. The molecule has 0 N–H and O–H groups in total. The number of amides is 1. The summed E-state index contributed by atoms with van der Waals surface area (Å²) in [4.78, 5) is 14.6. The van der Waals surface area contributed by atoms with Crippen LogP contribution in [0.2, 0.25) is 0 Å². The minimum atomic E-state index is 0.0405. The van der Waals surface area contributed by atoms with E-state index in [4.69, 9.17) is 0 Å². The highest BCUT2D eigenvalue weighted by Crippen LogP contribution is 2.37. The largest absolute Gasteiger partial charge is 0.312 e.